The highest BCUT2D eigenvalue weighted by Gasteiger charge is 2.08. The minimum atomic E-state index is 0.0534. The Morgan fingerprint density at radius 3 is 2.43 bits per heavy atom. The topological polar surface area (TPSA) is 26.0 Å². The monoisotopic (exact) mass is 275 g/mol. The van der Waals surface area contributed by atoms with Gasteiger partial charge in [-0.25, -0.2) is 0 Å². The van der Waals surface area contributed by atoms with Crippen LogP contribution in [-0.4, -0.2) is 0 Å². The third kappa shape index (κ3) is 3.14. The van der Waals surface area contributed by atoms with Gasteiger partial charge in [-0.2, -0.15) is 0 Å². The van der Waals surface area contributed by atoms with E-state index in [2.05, 4.69) is 73.7 Å². The van der Waals surface area contributed by atoms with Crippen LogP contribution in [0.5, 0.6) is 0 Å². The first-order chi connectivity index (χ1) is 10.3. The molecule has 0 fully saturated rings. The molecule has 0 aromatic heterocycles. The van der Waals surface area contributed by atoms with E-state index in [1.807, 2.05) is 0 Å². The van der Waals surface area contributed by atoms with Gasteiger partial charge < -0.3 is 5.73 Å². The molecule has 0 spiro atoms. The first-order valence-corrected chi connectivity index (χ1v) is 7.58. The van der Waals surface area contributed by atoms with E-state index >= 15 is 0 Å². The molecule has 2 N–H and O–H groups in total. The van der Waals surface area contributed by atoms with E-state index in [0.29, 0.717) is 0 Å². The van der Waals surface area contributed by atoms with Crippen LogP contribution in [0.2, 0.25) is 0 Å². The molecule has 3 aromatic rings. The van der Waals surface area contributed by atoms with Crippen molar-refractivity contribution in [2.45, 2.75) is 25.8 Å². The van der Waals surface area contributed by atoms with Gasteiger partial charge in [-0.1, -0.05) is 73.7 Å². The van der Waals surface area contributed by atoms with E-state index in [-0.39, 0.29) is 6.04 Å². The molecule has 21 heavy (non-hydrogen) atoms. The van der Waals surface area contributed by atoms with Crippen molar-refractivity contribution in [3.63, 3.8) is 0 Å². The van der Waals surface area contributed by atoms with Gasteiger partial charge in [0.1, 0.15) is 0 Å². The summed E-state index contributed by atoms with van der Waals surface area (Å²) in [7, 11) is 0. The average molecular weight is 275 g/mol. The van der Waals surface area contributed by atoms with Crippen LogP contribution in [0.1, 0.15) is 29.7 Å². The molecule has 1 heteroatoms. The average Bonchev–Trinajstić information content (AvgIpc) is 2.54. The lowest BCUT2D eigenvalue weighted by Crippen LogP contribution is -2.13. The maximum absolute atomic E-state index is 6.39. The number of hydrogen-bond acceptors (Lipinski definition) is 1. The second-order valence-corrected chi connectivity index (χ2v) is 5.59. The van der Waals surface area contributed by atoms with E-state index in [0.717, 1.165) is 12.8 Å². The predicted molar refractivity (Wildman–Crippen MR) is 90.4 cm³/mol. The number of hydrogen-bond donors (Lipinski definition) is 1. The molecule has 0 aliphatic rings. The Labute approximate surface area is 126 Å². The third-order valence-electron chi connectivity index (χ3n) is 4.06. The van der Waals surface area contributed by atoms with Gasteiger partial charge in [-0.05, 0) is 40.3 Å². The first-order valence-electron chi connectivity index (χ1n) is 7.58. The molecular formula is C20H21N. The van der Waals surface area contributed by atoms with Gasteiger partial charge in [-0.15, -0.1) is 0 Å². The summed E-state index contributed by atoms with van der Waals surface area (Å²) in [6.07, 6.45) is 1.93. The number of benzene rings is 3. The summed E-state index contributed by atoms with van der Waals surface area (Å²) in [4.78, 5) is 0. The Hall–Kier alpha value is -2.12. The lowest BCUT2D eigenvalue weighted by molar-refractivity contribution is 0.721. The molecule has 1 atom stereocenters. The Kier molecular flexibility index (Phi) is 4.03. The van der Waals surface area contributed by atoms with E-state index in [1.54, 1.807) is 0 Å². The fourth-order valence-corrected chi connectivity index (χ4v) is 2.78. The van der Waals surface area contributed by atoms with E-state index in [1.165, 1.54) is 27.5 Å². The Morgan fingerprint density at radius 1 is 0.810 bits per heavy atom. The van der Waals surface area contributed by atoms with E-state index in [4.69, 9.17) is 5.73 Å². The summed E-state index contributed by atoms with van der Waals surface area (Å²) < 4.78 is 0. The summed E-state index contributed by atoms with van der Waals surface area (Å²) in [5.41, 5.74) is 10.3. The van der Waals surface area contributed by atoms with Crippen molar-refractivity contribution in [3.05, 3.63) is 83.4 Å². The Bertz CT molecular complexity index is 745. The van der Waals surface area contributed by atoms with Crippen LogP contribution in [0.25, 0.3) is 10.8 Å². The molecule has 0 saturated carbocycles. The van der Waals surface area contributed by atoms with Crippen LogP contribution in [-0.2, 0) is 12.8 Å². The van der Waals surface area contributed by atoms with E-state index < -0.39 is 0 Å². The molecule has 0 aliphatic heterocycles. The van der Waals surface area contributed by atoms with Gasteiger partial charge in [0.05, 0.1) is 0 Å². The van der Waals surface area contributed by atoms with Crippen LogP contribution < -0.4 is 5.73 Å². The quantitative estimate of drug-likeness (QED) is 0.737. The van der Waals surface area contributed by atoms with Gasteiger partial charge in [0.25, 0.3) is 0 Å². The SMILES string of the molecule is CCc1cccc(C(N)Cc2ccc3ccccc3c2)c1. The Balaban J connectivity index is 1.83. The molecule has 1 nitrogen and oxygen atoms in total. The molecule has 3 rings (SSSR count). The fourth-order valence-electron chi connectivity index (χ4n) is 2.78. The van der Waals surface area contributed by atoms with Gasteiger partial charge in [0.15, 0.2) is 0 Å². The van der Waals surface area contributed by atoms with E-state index in [9.17, 15) is 0 Å². The predicted octanol–water partition coefficient (Wildman–Crippen LogP) is 4.64. The lowest BCUT2D eigenvalue weighted by Gasteiger charge is -2.14. The highest BCUT2D eigenvalue weighted by molar-refractivity contribution is 5.83. The van der Waals surface area contributed by atoms with Crippen molar-refractivity contribution in [3.8, 4) is 0 Å². The smallest absolute Gasteiger partial charge is 0.0335 e. The standard InChI is InChI=1S/C20H21N/c1-2-15-6-5-9-19(12-15)20(21)14-16-10-11-17-7-3-4-8-18(17)13-16/h3-13,20H,2,14,21H2,1H3. The van der Waals surface area contributed by atoms with Crippen molar-refractivity contribution >= 4 is 10.8 Å². The first kappa shape index (κ1) is 13.8. The van der Waals surface area contributed by atoms with Crippen molar-refractivity contribution in [2.24, 2.45) is 5.73 Å². The van der Waals surface area contributed by atoms with Crippen LogP contribution >= 0.6 is 0 Å². The van der Waals surface area contributed by atoms with Crippen molar-refractivity contribution in [1.82, 2.24) is 0 Å². The van der Waals surface area contributed by atoms with Crippen LogP contribution in [0.3, 0.4) is 0 Å². The lowest BCUT2D eigenvalue weighted by atomic mass is 9.96. The largest absolute Gasteiger partial charge is 0.324 e. The van der Waals surface area contributed by atoms with Crippen LogP contribution in [0, 0.1) is 0 Å². The molecule has 0 heterocycles. The summed E-state index contributed by atoms with van der Waals surface area (Å²) in [5, 5.41) is 2.56. The van der Waals surface area contributed by atoms with Crippen molar-refractivity contribution in [2.75, 3.05) is 0 Å². The number of rotatable bonds is 4. The summed E-state index contributed by atoms with van der Waals surface area (Å²) in [5.74, 6) is 0. The molecule has 106 valence electrons. The molecule has 0 bridgehead atoms. The second kappa shape index (κ2) is 6.11. The molecular weight excluding hydrogens is 254 g/mol. The number of nitrogens with two attached hydrogens (primary N) is 1. The summed E-state index contributed by atoms with van der Waals surface area (Å²) in [6.45, 7) is 2.17. The highest BCUT2D eigenvalue weighted by Crippen LogP contribution is 2.21. The van der Waals surface area contributed by atoms with Gasteiger partial charge in [0, 0.05) is 6.04 Å². The normalized spacial score (nSPS) is 12.5. The minimum Gasteiger partial charge on any atom is -0.324 e. The third-order valence-corrected chi connectivity index (χ3v) is 4.06. The fraction of sp³-hybridized carbons (Fsp3) is 0.200. The molecule has 0 aliphatic carbocycles. The molecule has 0 amide bonds. The van der Waals surface area contributed by atoms with Gasteiger partial charge >= 0.3 is 0 Å². The maximum atomic E-state index is 6.39. The maximum Gasteiger partial charge on any atom is 0.0335 e. The Morgan fingerprint density at radius 2 is 1.62 bits per heavy atom. The molecule has 3 aromatic carbocycles. The van der Waals surface area contributed by atoms with Crippen molar-refractivity contribution < 1.29 is 0 Å². The van der Waals surface area contributed by atoms with Crippen LogP contribution in [0.4, 0.5) is 0 Å². The zero-order valence-corrected chi connectivity index (χ0v) is 12.4. The zero-order valence-electron chi connectivity index (χ0n) is 12.4. The van der Waals surface area contributed by atoms with Gasteiger partial charge in [-0.3, -0.25) is 0 Å². The van der Waals surface area contributed by atoms with Crippen molar-refractivity contribution in [1.29, 1.82) is 0 Å². The zero-order chi connectivity index (χ0) is 14.7. The second-order valence-electron chi connectivity index (χ2n) is 5.59. The minimum absolute atomic E-state index is 0.0534. The molecule has 0 radical (unpaired) electrons. The number of aryl methyl sites for hydroxylation is 1. The molecule has 1 unspecified atom stereocenters. The summed E-state index contributed by atoms with van der Waals surface area (Å²) in [6, 6.07) is 23.7. The van der Waals surface area contributed by atoms with Crippen LogP contribution in [0.15, 0.2) is 66.7 Å². The van der Waals surface area contributed by atoms with Gasteiger partial charge in [0.2, 0.25) is 0 Å². The number of fused-ring (bicyclic) bond motifs is 1. The molecule has 0 saturated heterocycles. The highest BCUT2D eigenvalue weighted by atomic mass is 14.6. The summed E-state index contributed by atoms with van der Waals surface area (Å²) >= 11 is 0.